The van der Waals surface area contributed by atoms with Crippen LogP contribution in [0.1, 0.15) is 6.92 Å². The molecule has 0 bridgehead atoms. The van der Waals surface area contributed by atoms with Crippen molar-refractivity contribution in [3.8, 4) is 0 Å². The molecule has 15 heavy (non-hydrogen) atoms. The average molecular weight is 218 g/mol. The molecule has 0 aromatic carbocycles. The molecule has 1 rings (SSSR count). The van der Waals surface area contributed by atoms with Gasteiger partial charge in [0, 0.05) is 7.11 Å². The summed E-state index contributed by atoms with van der Waals surface area (Å²) in [7, 11) is 1.43. The zero-order valence-corrected chi connectivity index (χ0v) is 9.00. The predicted molar refractivity (Wildman–Crippen MR) is 53.3 cm³/mol. The van der Waals surface area contributed by atoms with Crippen molar-refractivity contribution in [3.63, 3.8) is 0 Å². The second kappa shape index (κ2) is 5.58. The van der Waals surface area contributed by atoms with Gasteiger partial charge in [-0.25, -0.2) is 0 Å². The van der Waals surface area contributed by atoms with Gasteiger partial charge in [0.05, 0.1) is 12.7 Å². The third-order valence-electron chi connectivity index (χ3n) is 2.42. The summed E-state index contributed by atoms with van der Waals surface area (Å²) < 4.78 is 15.5. The van der Waals surface area contributed by atoms with Gasteiger partial charge in [0.25, 0.3) is 0 Å². The summed E-state index contributed by atoms with van der Waals surface area (Å²) in [6.07, 6.45) is -2.22. The minimum Gasteiger partial charge on any atom is -0.388 e. The first-order valence-corrected chi connectivity index (χ1v) is 4.88. The van der Waals surface area contributed by atoms with E-state index in [1.807, 2.05) is 0 Å². The van der Waals surface area contributed by atoms with Gasteiger partial charge in [0.2, 0.25) is 0 Å². The van der Waals surface area contributed by atoms with E-state index in [1.165, 1.54) is 7.11 Å². The Hall–Kier alpha value is -0.460. The number of hydrogen-bond donors (Lipinski definition) is 2. The largest absolute Gasteiger partial charge is 0.388 e. The molecule has 5 heteroatoms. The van der Waals surface area contributed by atoms with E-state index >= 15 is 0 Å². The number of aliphatic hydroxyl groups excluding tert-OH is 2. The maximum absolute atomic E-state index is 9.77. The van der Waals surface area contributed by atoms with E-state index in [9.17, 15) is 10.2 Å². The molecule has 0 amide bonds. The van der Waals surface area contributed by atoms with E-state index in [0.717, 1.165) is 0 Å². The van der Waals surface area contributed by atoms with Gasteiger partial charge in [0.1, 0.15) is 18.3 Å². The maximum Gasteiger partial charge on any atom is 0.186 e. The number of rotatable bonds is 4. The van der Waals surface area contributed by atoms with Crippen LogP contribution < -0.4 is 0 Å². The van der Waals surface area contributed by atoms with Gasteiger partial charge in [-0.3, -0.25) is 0 Å². The lowest BCUT2D eigenvalue weighted by atomic mass is 10.00. The molecule has 1 saturated heterocycles. The van der Waals surface area contributed by atoms with E-state index in [0.29, 0.717) is 0 Å². The van der Waals surface area contributed by atoms with Crippen LogP contribution in [-0.4, -0.2) is 54.6 Å². The van der Waals surface area contributed by atoms with Gasteiger partial charge in [-0.2, -0.15) is 0 Å². The first-order chi connectivity index (χ1) is 7.11. The maximum atomic E-state index is 9.77. The Bertz CT molecular complexity index is 208. The second-order valence-electron chi connectivity index (χ2n) is 3.51. The molecule has 88 valence electrons. The van der Waals surface area contributed by atoms with Crippen molar-refractivity contribution >= 4 is 0 Å². The molecule has 0 aliphatic carbocycles. The fourth-order valence-corrected chi connectivity index (χ4v) is 1.57. The van der Waals surface area contributed by atoms with Gasteiger partial charge >= 0.3 is 0 Å². The Balaban J connectivity index is 2.65. The van der Waals surface area contributed by atoms with Crippen molar-refractivity contribution in [2.45, 2.75) is 37.6 Å². The highest BCUT2D eigenvalue weighted by Gasteiger charge is 2.43. The quantitative estimate of drug-likeness (QED) is 0.632. The molecular weight excluding hydrogens is 200 g/mol. The lowest BCUT2D eigenvalue weighted by molar-refractivity contribution is -0.292. The van der Waals surface area contributed by atoms with Crippen LogP contribution in [0.2, 0.25) is 0 Å². The fraction of sp³-hybridized carbons (Fsp3) is 0.800. The average Bonchev–Trinajstić information content (AvgIpc) is 2.23. The Morgan fingerprint density at radius 3 is 2.60 bits per heavy atom. The summed E-state index contributed by atoms with van der Waals surface area (Å²) in [4.78, 5) is 0. The smallest absolute Gasteiger partial charge is 0.186 e. The molecule has 1 heterocycles. The van der Waals surface area contributed by atoms with Crippen molar-refractivity contribution in [1.82, 2.24) is 0 Å². The van der Waals surface area contributed by atoms with Gasteiger partial charge in [-0.1, -0.05) is 6.08 Å². The molecule has 0 spiro atoms. The van der Waals surface area contributed by atoms with Crippen molar-refractivity contribution < 1.29 is 24.4 Å². The van der Waals surface area contributed by atoms with E-state index in [-0.39, 0.29) is 6.61 Å². The summed E-state index contributed by atoms with van der Waals surface area (Å²) in [5.74, 6) is 0. The number of methoxy groups -OCH3 is 1. The zero-order chi connectivity index (χ0) is 11.4. The first kappa shape index (κ1) is 12.6. The van der Waals surface area contributed by atoms with Gasteiger partial charge in [-0.05, 0) is 6.92 Å². The monoisotopic (exact) mass is 218 g/mol. The van der Waals surface area contributed by atoms with E-state index in [4.69, 9.17) is 14.2 Å². The van der Waals surface area contributed by atoms with Crippen LogP contribution in [0.4, 0.5) is 0 Å². The molecule has 1 aliphatic rings. The van der Waals surface area contributed by atoms with Crippen molar-refractivity contribution in [1.29, 1.82) is 0 Å². The summed E-state index contributed by atoms with van der Waals surface area (Å²) >= 11 is 0. The summed E-state index contributed by atoms with van der Waals surface area (Å²) in [6, 6.07) is 0. The molecule has 2 N–H and O–H groups in total. The van der Waals surface area contributed by atoms with Gasteiger partial charge < -0.3 is 24.4 Å². The topological polar surface area (TPSA) is 68.2 Å². The van der Waals surface area contributed by atoms with Crippen LogP contribution in [0.5, 0.6) is 0 Å². The third-order valence-corrected chi connectivity index (χ3v) is 2.42. The lowest BCUT2D eigenvalue weighted by Gasteiger charge is -2.40. The van der Waals surface area contributed by atoms with E-state index in [2.05, 4.69) is 6.58 Å². The Labute approximate surface area is 89.3 Å². The van der Waals surface area contributed by atoms with Crippen LogP contribution in [0.25, 0.3) is 0 Å². The normalized spacial score (nSPS) is 41.5. The van der Waals surface area contributed by atoms with Crippen molar-refractivity contribution in [2.24, 2.45) is 0 Å². The lowest BCUT2D eigenvalue weighted by Crippen LogP contribution is -2.58. The minimum atomic E-state index is -0.999. The van der Waals surface area contributed by atoms with E-state index < -0.39 is 30.7 Å². The van der Waals surface area contributed by atoms with Crippen molar-refractivity contribution in [2.75, 3.05) is 13.7 Å². The number of hydrogen-bond acceptors (Lipinski definition) is 5. The molecular formula is C10H18O5. The van der Waals surface area contributed by atoms with Crippen LogP contribution >= 0.6 is 0 Å². The molecule has 1 fully saturated rings. The molecule has 5 nitrogen and oxygen atoms in total. The summed E-state index contributed by atoms with van der Waals surface area (Å²) in [6.45, 7) is 5.47. The second-order valence-corrected chi connectivity index (χ2v) is 3.51. The molecule has 0 unspecified atom stereocenters. The van der Waals surface area contributed by atoms with Crippen LogP contribution in [-0.2, 0) is 14.2 Å². The predicted octanol–water partition coefficient (Wildman–Crippen LogP) is -0.329. The van der Waals surface area contributed by atoms with Crippen LogP contribution in [0.3, 0.4) is 0 Å². The molecule has 5 atom stereocenters. The zero-order valence-electron chi connectivity index (χ0n) is 9.00. The first-order valence-electron chi connectivity index (χ1n) is 4.88. The highest BCUT2D eigenvalue weighted by Crippen LogP contribution is 2.23. The Morgan fingerprint density at radius 1 is 1.40 bits per heavy atom. The molecule has 0 aromatic heterocycles. The highest BCUT2D eigenvalue weighted by atomic mass is 16.7. The molecule has 1 aliphatic heterocycles. The molecule has 0 radical (unpaired) electrons. The standard InChI is InChI=1S/C10H18O5/c1-4-5-14-9-7(11)6(2)15-10(13-3)8(9)12/h4,6-12H,1,5H2,2-3H3/t6-,7-,8+,9+,10+/m0/s1. The minimum absolute atomic E-state index is 0.266. The SMILES string of the molecule is C=CCO[C@@H]1[C@@H](O)[C@H](C)O[C@@H](OC)[C@@H]1O. The molecule has 0 saturated carbocycles. The number of aliphatic hydroxyl groups is 2. The van der Waals surface area contributed by atoms with Crippen LogP contribution in [0.15, 0.2) is 12.7 Å². The summed E-state index contributed by atoms with van der Waals surface area (Å²) in [5, 5.41) is 19.5. The summed E-state index contributed by atoms with van der Waals surface area (Å²) in [5.41, 5.74) is 0. The highest BCUT2D eigenvalue weighted by molar-refractivity contribution is 4.89. The molecule has 0 aromatic rings. The van der Waals surface area contributed by atoms with Crippen molar-refractivity contribution in [3.05, 3.63) is 12.7 Å². The number of ether oxygens (including phenoxy) is 3. The third kappa shape index (κ3) is 2.76. The van der Waals surface area contributed by atoms with E-state index in [1.54, 1.807) is 13.0 Å². The van der Waals surface area contributed by atoms with Gasteiger partial charge in [-0.15, -0.1) is 6.58 Å². The Kier molecular flexibility index (Phi) is 4.69. The fourth-order valence-electron chi connectivity index (χ4n) is 1.57. The van der Waals surface area contributed by atoms with Gasteiger partial charge in [0.15, 0.2) is 6.29 Å². The van der Waals surface area contributed by atoms with Crippen LogP contribution in [0, 0.1) is 0 Å². The Morgan fingerprint density at radius 2 is 2.07 bits per heavy atom.